The zero-order chi connectivity index (χ0) is 6.97. The molecule has 0 radical (unpaired) electrons. The minimum absolute atomic E-state index is 0. The van der Waals surface area contributed by atoms with Gasteiger partial charge in [-0.15, -0.1) is 0 Å². The van der Waals surface area contributed by atoms with Crippen LogP contribution in [0.5, 0.6) is 0 Å². The first kappa shape index (κ1) is 9.05. The molecule has 0 aromatic rings. The van der Waals surface area contributed by atoms with E-state index >= 15 is 0 Å². The van der Waals surface area contributed by atoms with Crippen molar-refractivity contribution in [3.05, 3.63) is 0 Å². The third-order valence-electron chi connectivity index (χ3n) is 3.41. The Bertz CT molecular complexity index is 123. The molecule has 1 heteroatoms. The number of rotatable bonds is 1. The molecule has 2 N–H and O–H groups in total. The highest BCUT2D eigenvalue weighted by atomic mass is 16.0. The highest BCUT2D eigenvalue weighted by Crippen LogP contribution is 2.46. The molecule has 0 spiro atoms. The van der Waals surface area contributed by atoms with Crippen molar-refractivity contribution in [3.63, 3.8) is 0 Å². The lowest BCUT2D eigenvalue weighted by Crippen LogP contribution is -2.18. The van der Waals surface area contributed by atoms with Gasteiger partial charge in [0.15, 0.2) is 0 Å². The molecule has 68 valence electrons. The van der Waals surface area contributed by atoms with Crippen molar-refractivity contribution in [2.45, 2.75) is 45.4 Å². The van der Waals surface area contributed by atoms with Crippen LogP contribution < -0.4 is 0 Å². The lowest BCUT2D eigenvalue weighted by molar-refractivity contribution is 0.228. The summed E-state index contributed by atoms with van der Waals surface area (Å²) in [6, 6.07) is 0. The van der Waals surface area contributed by atoms with E-state index in [1.165, 1.54) is 19.3 Å². The summed E-state index contributed by atoms with van der Waals surface area (Å²) < 4.78 is 0. The monoisotopic (exact) mass is 158 g/mol. The second-order valence-corrected chi connectivity index (χ2v) is 4.26. The van der Waals surface area contributed by atoms with Crippen LogP contribution >= 0.6 is 0 Å². The Balaban J connectivity index is 0.000000605. The fourth-order valence-electron chi connectivity index (χ4n) is 2.57. The molecule has 2 atom stereocenters. The van der Waals surface area contributed by atoms with Gasteiger partial charge in [-0.3, -0.25) is 0 Å². The smallest absolute Gasteiger partial charge is 0 e. The first-order valence-corrected chi connectivity index (χ1v) is 4.88. The van der Waals surface area contributed by atoms with Gasteiger partial charge in [-0.05, 0) is 37.0 Å². The van der Waals surface area contributed by atoms with E-state index in [4.69, 9.17) is 0 Å². The Kier molecular flexibility index (Phi) is 2.94. The van der Waals surface area contributed by atoms with Crippen molar-refractivity contribution >= 4 is 0 Å². The summed E-state index contributed by atoms with van der Waals surface area (Å²) in [6.45, 7) is 2.46. The van der Waals surface area contributed by atoms with Crippen LogP contribution in [-0.4, -0.2) is 5.48 Å². The Morgan fingerprint density at radius 3 is 2.18 bits per heavy atom. The van der Waals surface area contributed by atoms with Crippen LogP contribution in [0.2, 0.25) is 0 Å². The van der Waals surface area contributed by atoms with Gasteiger partial charge in [0.25, 0.3) is 0 Å². The molecule has 0 bridgehead atoms. The van der Waals surface area contributed by atoms with Crippen LogP contribution in [0.1, 0.15) is 46.9 Å². The van der Waals surface area contributed by atoms with Gasteiger partial charge in [0.1, 0.15) is 0 Å². The quantitative estimate of drug-likeness (QED) is 0.562. The van der Waals surface area contributed by atoms with E-state index in [-0.39, 0.29) is 6.90 Å². The molecule has 0 aromatic heterocycles. The molecule has 1 nitrogen and oxygen atoms in total. The average Bonchev–Trinajstić information content (AvgIpc) is 2.71. The molecule has 11 heavy (non-hydrogen) atoms. The molecule has 2 rings (SSSR count). The molecule has 2 unspecified atom stereocenters. The molecule has 2 fully saturated rings. The largest absolute Gasteiger partial charge is 0.412 e. The van der Waals surface area contributed by atoms with Gasteiger partial charge in [-0.2, -0.15) is 0 Å². The van der Waals surface area contributed by atoms with Gasteiger partial charge in [-0.25, -0.2) is 0 Å². The van der Waals surface area contributed by atoms with Crippen LogP contribution in [0, 0.1) is 17.8 Å². The summed E-state index contributed by atoms with van der Waals surface area (Å²) in [5.41, 5.74) is 0. The number of hydrogen-bond acceptors (Lipinski definition) is 0. The average molecular weight is 158 g/mol. The third-order valence-corrected chi connectivity index (χ3v) is 3.41. The molecule has 0 amide bonds. The maximum atomic E-state index is 2.46. The zero-order valence-corrected chi connectivity index (χ0v) is 7.47. The van der Waals surface area contributed by atoms with Crippen molar-refractivity contribution in [2.24, 2.45) is 17.8 Å². The van der Waals surface area contributed by atoms with Crippen LogP contribution in [0.4, 0.5) is 0 Å². The van der Waals surface area contributed by atoms with E-state index in [2.05, 4.69) is 6.92 Å². The maximum Gasteiger partial charge on any atom is 0 e. The second kappa shape index (κ2) is 3.57. The van der Waals surface area contributed by atoms with Gasteiger partial charge >= 0.3 is 0 Å². The Morgan fingerprint density at radius 2 is 1.64 bits per heavy atom. The number of hydrogen-bond donors (Lipinski definition) is 0. The van der Waals surface area contributed by atoms with Crippen LogP contribution in [0.3, 0.4) is 0 Å². The Labute approximate surface area is 71.0 Å². The highest BCUT2D eigenvalue weighted by Gasteiger charge is 2.35. The summed E-state index contributed by atoms with van der Waals surface area (Å²) in [7, 11) is 0. The highest BCUT2D eigenvalue weighted by molar-refractivity contribution is 4.86. The zero-order valence-electron chi connectivity index (χ0n) is 7.47. The standard InChI is InChI=1S/C10H18.H2O.H2/c1-8-4-2-3-5-10(8)9-6-7-9;;/h8-10H,2-7H2,1H3;1H2;1H. The van der Waals surface area contributed by atoms with Crippen molar-refractivity contribution < 1.29 is 6.90 Å². The topological polar surface area (TPSA) is 31.5 Å². The van der Waals surface area contributed by atoms with Crippen molar-refractivity contribution in [1.82, 2.24) is 0 Å². The molecule has 2 saturated carbocycles. The van der Waals surface area contributed by atoms with E-state index in [0.29, 0.717) is 0 Å². The summed E-state index contributed by atoms with van der Waals surface area (Å²) in [5, 5.41) is 0. The van der Waals surface area contributed by atoms with E-state index in [0.717, 1.165) is 17.8 Å². The van der Waals surface area contributed by atoms with E-state index in [1.807, 2.05) is 0 Å². The van der Waals surface area contributed by atoms with Crippen molar-refractivity contribution in [1.29, 1.82) is 0 Å². The molecular formula is C10H22O. The fourth-order valence-corrected chi connectivity index (χ4v) is 2.57. The van der Waals surface area contributed by atoms with Crippen molar-refractivity contribution in [3.8, 4) is 0 Å². The molecule has 0 heterocycles. The Hall–Kier alpha value is -0.0400. The SMILES string of the molecule is CC1CCCCC1C1CC1.O.[HH]. The summed E-state index contributed by atoms with van der Waals surface area (Å²) in [5.74, 6) is 3.35. The predicted molar refractivity (Wildman–Crippen MR) is 49.6 cm³/mol. The van der Waals surface area contributed by atoms with E-state index in [9.17, 15) is 0 Å². The summed E-state index contributed by atoms with van der Waals surface area (Å²) >= 11 is 0. The van der Waals surface area contributed by atoms with Gasteiger partial charge in [-0.1, -0.05) is 26.2 Å². The predicted octanol–water partition coefficient (Wildman–Crippen LogP) is 2.64. The minimum atomic E-state index is 0. The maximum absolute atomic E-state index is 2.46. The van der Waals surface area contributed by atoms with Gasteiger partial charge in [0.2, 0.25) is 0 Å². The second-order valence-electron chi connectivity index (χ2n) is 4.26. The molecular weight excluding hydrogens is 136 g/mol. The van der Waals surface area contributed by atoms with Crippen LogP contribution in [0.25, 0.3) is 0 Å². The first-order chi connectivity index (χ1) is 4.88. The molecule has 0 saturated heterocycles. The van der Waals surface area contributed by atoms with Crippen LogP contribution in [-0.2, 0) is 0 Å². The minimum Gasteiger partial charge on any atom is -0.412 e. The van der Waals surface area contributed by atoms with Gasteiger partial charge in [0, 0.05) is 1.43 Å². The van der Waals surface area contributed by atoms with E-state index < -0.39 is 0 Å². The van der Waals surface area contributed by atoms with Gasteiger partial charge in [0.05, 0.1) is 0 Å². The normalized spacial score (nSPS) is 37.9. The third kappa shape index (κ3) is 1.96. The lowest BCUT2D eigenvalue weighted by atomic mass is 9.78. The van der Waals surface area contributed by atoms with E-state index in [1.54, 1.807) is 19.3 Å². The lowest BCUT2D eigenvalue weighted by Gasteiger charge is -2.28. The molecule has 0 aromatic carbocycles. The first-order valence-electron chi connectivity index (χ1n) is 4.88. The van der Waals surface area contributed by atoms with Crippen molar-refractivity contribution in [2.75, 3.05) is 0 Å². The Morgan fingerprint density at radius 1 is 1.00 bits per heavy atom. The van der Waals surface area contributed by atoms with Gasteiger partial charge < -0.3 is 5.48 Å². The van der Waals surface area contributed by atoms with Crippen LogP contribution in [0.15, 0.2) is 0 Å². The molecule has 2 aliphatic rings. The summed E-state index contributed by atoms with van der Waals surface area (Å²) in [4.78, 5) is 0. The molecule has 2 aliphatic carbocycles. The fraction of sp³-hybridized carbons (Fsp3) is 1.00. The molecule has 0 aliphatic heterocycles. The summed E-state index contributed by atoms with van der Waals surface area (Å²) in [6.07, 6.45) is 9.19.